The van der Waals surface area contributed by atoms with Gasteiger partial charge in [-0.05, 0) is 25.0 Å². The van der Waals surface area contributed by atoms with Crippen molar-refractivity contribution in [1.29, 1.82) is 0 Å². The fourth-order valence-electron chi connectivity index (χ4n) is 4.07. The lowest BCUT2D eigenvalue weighted by Gasteiger charge is -2.19. The molecule has 1 aliphatic heterocycles. The van der Waals surface area contributed by atoms with Gasteiger partial charge < -0.3 is 33.6 Å². The van der Waals surface area contributed by atoms with Gasteiger partial charge in [-0.15, -0.1) is 13.2 Å². The molecule has 2 aromatic carbocycles. The number of methoxy groups -OCH3 is 1. The van der Waals surface area contributed by atoms with Gasteiger partial charge in [0.05, 0.1) is 7.11 Å². The van der Waals surface area contributed by atoms with E-state index in [0.717, 1.165) is 0 Å². The zero-order chi connectivity index (χ0) is 26.0. The number of ether oxygens (including phenoxy) is 4. The summed E-state index contributed by atoms with van der Waals surface area (Å²) in [5.74, 6) is 0.173. The summed E-state index contributed by atoms with van der Waals surface area (Å²) in [5, 5.41) is 21.7. The SMILES string of the molecule is C=CCc1c(-c2cc(=O)c3c(O)c(CC=C)c(OCC4=COC(C)(C)O4)cc3o2)ccc(OC)c1O. The van der Waals surface area contributed by atoms with Gasteiger partial charge in [0.15, 0.2) is 22.7 Å². The fraction of sp³-hybridized carbons (Fsp3) is 0.250. The summed E-state index contributed by atoms with van der Waals surface area (Å²) in [7, 11) is 1.45. The van der Waals surface area contributed by atoms with Crippen molar-refractivity contribution in [2.45, 2.75) is 32.5 Å². The van der Waals surface area contributed by atoms with Crippen LogP contribution in [0.5, 0.6) is 23.0 Å². The molecule has 8 nitrogen and oxygen atoms in total. The molecule has 0 spiro atoms. The Kier molecular flexibility index (Phi) is 6.70. The normalized spacial score (nSPS) is 14.0. The zero-order valence-electron chi connectivity index (χ0n) is 20.4. The first-order valence-electron chi connectivity index (χ1n) is 11.3. The van der Waals surface area contributed by atoms with Crippen molar-refractivity contribution in [1.82, 2.24) is 0 Å². The molecule has 0 unspecified atom stereocenters. The second-order valence-corrected chi connectivity index (χ2v) is 8.67. The number of phenols is 2. The average Bonchev–Trinajstić information content (AvgIpc) is 3.19. The number of fused-ring (bicyclic) bond motifs is 1. The fourth-order valence-corrected chi connectivity index (χ4v) is 4.07. The Morgan fingerprint density at radius 3 is 2.39 bits per heavy atom. The smallest absolute Gasteiger partial charge is 0.244 e. The van der Waals surface area contributed by atoms with E-state index in [-0.39, 0.29) is 47.0 Å². The van der Waals surface area contributed by atoms with Crippen molar-refractivity contribution in [2.75, 3.05) is 13.7 Å². The van der Waals surface area contributed by atoms with Gasteiger partial charge in [-0.2, -0.15) is 0 Å². The minimum atomic E-state index is -0.789. The van der Waals surface area contributed by atoms with Crippen LogP contribution in [0.3, 0.4) is 0 Å². The Morgan fingerprint density at radius 1 is 1.03 bits per heavy atom. The summed E-state index contributed by atoms with van der Waals surface area (Å²) in [6.07, 6.45) is 5.27. The Hall–Kier alpha value is -4.33. The van der Waals surface area contributed by atoms with E-state index in [9.17, 15) is 15.0 Å². The third-order valence-electron chi connectivity index (χ3n) is 5.71. The second-order valence-electron chi connectivity index (χ2n) is 8.67. The van der Waals surface area contributed by atoms with E-state index in [1.54, 1.807) is 44.2 Å². The van der Waals surface area contributed by atoms with Gasteiger partial charge in [-0.3, -0.25) is 4.79 Å². The molecular formula is C28H28O8. The van der Waals surface area contributed by atoms with Crippen molar-refractivity contribution in [2.24, 2.45) is 0 Å². The highest BCUT2D eigenvalue weighted by molar-refractivity contribution is 5.88. The quantitative estimate of drug-likeness (QED) is 0.386. The van der Waals surface area contributed by atoms with Crippen molar-refractivity contribution in [3.8, 4) is 34.3 Å². The lowest BCUT2D eigenvalue weighted by Crippen LogP contribution is -2.21. The van der Waals surface area contributed by atoms with Gasteiger partial charge in [0, 0.05) is 42.7 Å². The maximum atomic E-state index is 13.1. The zero-order valence-corrected chi connectivity index (χ0v) is 20.4. The molecule has 2 N–H and O–H groups in total. The third kappa shape index (κ3) is 4.62. The molecule has 0 bridgehead atoms. The van der Waals surface area contributed by atoms with E-state index in [0.29, 0.717) is 34.6 Å². The number of phenolic OH excluding ortho intramolecular Hbond substituents is 2. The van der Waals surface area contributed by atoms with E-state index >= 15 is 0 Å². The van der Waals surface area contributed by atoms with E-state index in [1.807, 2.05) is 0 Å². The van der Waals surface area contributed by atoms with Gasteiger partial charge >= 0.3 is 0 Å². The highest BCUT2D eigenvalue weighted by atomic mass is 16.7. The lowest BCUT2D eigenvalue weighted by atomic mass is 9.99. The molecule has 1 aromatic heterocycles. The van der Waals surface area contributed by atoms with E-state index < -0.39 is 11.2 Å². The third-order valence-corrected chi connectivity index (χ3v) is 5.71. The molecule has 0 fully saturated rings. The monoisotopic (exact) mass is 492 g/mol. The molecule has 0 saturated carbocycles. The predicted octanol–water partition coefficient (Wildman–Crippen LogP) is 5.34. The van der Waals surface area contributed by atoms with Crippen LogP contribution in [0.15, 0.2) is 70.8 Å². The van der Waals surface area contributed by atoms with Gasteiger partial charge in [0.1, 0.15) is 41.1 Å². The molecule has 4 rings (SSSR count). The van der Waals surface area contributed by atoms with E-state index in [1.165, 1.54) is 19.4 Å². The number of hydrogen-bond donors (Lipinski definition) is 2. The van der Waals surface area contributed by atoms with Crippen molar-refractivity contribution in [3.63, 3.8) is 0 Å². The van der Waals surface area contributed by atoms with Gasteiger partial charge in [0.2, 0.25) is 5.79 Å². The number of benzene rings is 2. The molecule has 0 radical (unpaired) electrons. The second kappa shape index (κ2) is 9.73. The first-order valence-corrected chi connectivity index (χ1v) is 11.3. The summed E-state index contributed by atoms with van der Waals surface area (Å²) in [6.45, 7) is 11.1. The molecule has 1 aliphatic rings. The first-order chi connectivity index (χ1) is 17.2. The summed E-state index contributed by atoms with van der Waals surface area (Å²) < 4.78 is 28.3. The minimum absolute atomic E-state index is 0.0201. The molecule has 0 amide bonds. The van der Waals surface area contributed by atoms with Gasteiger partial charge in [0.25, 0.3) is 0 Å². The van der Waals surface area contributed by atoms with Crippen molar-refractivity contribution >= 4 is 11.0 Å². The molecule has 0 aliphatic carbocycles. The predicted molar refractivity (Wildman–Crippen MR) is 135 cm³/mol. The maximum absolute atomic E-state index is 13.1. The Balaban J connectivity index is 1.83. The van der Waals surface area contributed by atoms with Crippen LogP contribution >= 0.6 is 0 Å². The van der Waals surface area contributed by atoms with Gasteiger partial charge in [-0.1, -0.05) is 12.2 Å². The van der Waals surface area contributed by atoms with Crippen molar-refractivity contribution in [3.05, 3.63) is 82.9 Å². The molecule has 36 heavy (non-hydrogen) atoms. The highest BCUT2D eigenvalue weighted by Gasteiger charge is 2.28. The van der Waals surface area contributed by atoms with Crippen LogP contribution in [0.25, 0.3) is 22.3 Å². The Labute approximate surface area is 208 Å². The minimum Gasteiger partial charge on any atom is -0.507 e. The number of aromatic hydroxyl groups is 2. The van der Waals surface area contributed by atoms with Crippen LogP contribution in [-0.2, 0) is 22.3 Å². The first kappa shape index (κ1) is 24.8. The van der Waals surface area contributed by atoms with Crippen LogP contribution in [0.1, 0.15) is 25.0 Å². The molecule has 8 heteroatoms. The molecule has 3 aromatic rings. The van der Waals surface area contributed by atoms with Gasteiger partial charge in [-0.25, -0.2) is 0 Å². The highest BCUT2D eigenvalue weighted by Crippen LogP contribution is 2.41. The summed E-state index contributed by atoms with van der Waals surface area (Å²) in [6, 6.07) is 6.11. The molecule has 0 saturated heterocycles. The largest absolute Gasteiger partial charge is 0.507 e. The summed E-state index contributed by atoms with van der Waals surface area (Å²) in [4.78, 5) is 13.1. The van der Waals surface area contributed by atoms with E-state index in [4.69, 9.17) is 23.4 Å². The maximum Gasteiger partial charge on any atom is 0.244 e. The molecule has 0 atom stereocenters. The van der Waals surface area contributed by atoms with Crippen LogP contribution in [0.2, 0.25) is 0 Å². The van der Waals surface area contributed by atoms with E-state index in [2.05, 4.69) is 13.2 Å². The standard InChI is InChI=1S/C28H28O8/c1-6-8-18-17(10-11-21(32-5)26(18)30)23-12-20(29)25-24(35-23)13-22(19(9-7-2)27(25)31)33-14-16-15-34-28(3,4)36-16/h6-7,10-13,15,30-31H,1-2,8-9,14H2,3-5H3. The van der Waals surface area contributed by atoms with Crippen LogP contribution in [0, 0.1) is 0 Å². The molecule has 188 valence electrons. The number of allylic oxidation sites excluding steroid dienone is 2. The van der Waals surface area contributed by atoms with Crippen LogP contribution < -0.4 is 14.9 Å². The summed E-state index contributed by atoms with van der Waals surface area (Å²) >= 11 is 0. The van der Waals surface area contributed by atoms with Crippen LogP contribution in [-0.4, -0.2) is 29.7 Å². The van der Waals surface area contributed by atoms with Crippen molar-refractivity contribution < 1.29 is 33.6 Å². The Morgan fingerprint density at radius 2 is 1.75 bits per heavy atom. The average molecular weight is 493 g/mol. The topological polar surface area (TPSA) is 108 Å². The Bertz CT molecular complexity index is 1430. The molecular weight excluding hydrogens is 464 g/mol. The number of rotatable bonds is 9. The van der Waals surface area contributed by atoms with Crippen LogP contribution in [0.4, 0.5) is 0 Å². The number of hydrogen-bond acceptors (Lipinski definition) is 8. The summed E-state index contributed by atoms with van der Waals surface area (Å²) in [5.41, 5.74) is 1.05. The lowest BCUT2D eigenvalue weighted by molar-refractivity contribution is -0.119. The molecule has 2 heterocycles.